The first-order chi connectivity index (χ1) is 21.8. The number of ether oxygens (including phenoxy) is 2. The molecule has 46 heavy (non-hydrogen) atoms. The van der Waals surface area contributed by atoms with Gasteiger partial charge in [0.2, 0.25) is 5.67 Å². The normalized spacial score (nSPS) is 23.0. The number of alkyl halides is 4. The molecule has 3 amide bonds. The van der Waals surface area contributed by atoms with Crippen molar-refractivity contribution >= 4 is 23.6 Å². The van der Waals surface area contributed by atoms with Crippen molar-refractivity contribution in [2.24, 2.45) is 11.7 Å². The third-order valence-electron chi connectivity index (χ3n) is 9.60. The highest BCUT2D eigenvalue weighted by Gasteiger charge is 2.56. The minimum Gasteiger partial charge on any atom is -0.497 e. The van der Waals surface area contributed by atoms with Gasteiger partial charge in [0, 0.05) is 44.3 Å². The summed E-state index contributed by atoms with van der Waals surface area (Å²) < 4.78 is 68.4. The molecule has 0 aromatic heterocycles. The maximum absolute atomic E-state index is 16.8. The van der Waals surface area contributed by atoms with Gasteiger partial charge in [-0.3, -0.25) is 9.59 Å². The molecule has 0 bridgehead atoms. The first kappa shape index (κ1) is 33.3. The molecule has 0 radical (unpaired) electrons. The second-order valence-electron chi connectivity index (χ2n) is 12.3. The highest BCUT2D eigenvalue weighted by atomic mass is 19.4. The van der Waals surface area contributed by atoms with Crippen molar-refractivity contribution in [3.05, 3.63) is 59.2 Å². The molecular weight excluding hydrogens is 608 g/mol. The quantitative estimate of drug-likeness (QED) is 0.332. The van der Waals surface area contributed by atoms with E-state index in [0.29, 0.717) is 55.8 Å². The Bertz CT molecular complexity index is 1420. The van der Waals surface area contributed by atoms with Gasteiger partial charge in [-0.25, -0.2) is 9.18 Å². The first-order valence-corrected chi connectivity index (χ1v) is 15.6. The number of amides is 3. The molecule has 3 aliphatic heterocycles. The summed E-state index contributed by atoms with van der Waals surface area (Å²) >= 11 is 0. The second kappa shape index (κ2) is 13.4. The monoisotopic (exact) mass is 648 g/mol. The summed E-state index contributed by atoms with van der Waals surface area (Å²) in [5.41, 5.74) is 4.08. The van der Waals surface area contributed by atoms with E-state index in [2.05, 4.69) is 0 Å². The van der Waals surface area contributed by atoms with Crippen LogP contribution in [-0.4, -0.2) is 86.4 Å². The summed E-state index contributed by atoms with van der Waals surface area (Å²) in [5.74, 6) is -1.85. The van der Waals surface area contributed by atoms with Gasteiger partial charge >= 0.3 is 18.2 Å². The van der Waals surface area contributed by atoms with Gasteiger partial charge in [-0.1, -0.05) is 18.2 Å². The van der Waals surface area contributed by atoms with E-state index in [-0.39, 0.29) is 44.0 Å². The molecule has 2 aromatic rings. The SMILES string of the molecule is CCOC(=O)C1CCN(c2cc(C(F)(F)F)ccc2C2CCN(C(=O)[C@]3(F)CN(C(N)=O)C[C@H]3c3ccc(OC)cc3)CC2)CC1. The average molecular weight is 649 g/mol. The van der Waals surface area contributed by atoms with Crippen LogP contribution in [0.5, 0.6) is 5.75 Å². The summed E-state index contributed by atoms with van der Waals surface area (Å²) in [4.78, 5) is 42.6. The van der Waals surface area contributed by atoms with Crippen LogP contribution in [0.25, 0.3) is 0 Å². The van der Waals surface area contributed by atoms with Crippen LogP contribution in [0.1, 0.15) is 61.1 Å². The molecule has 3 fully saturated rings. The van der Waals surface area contributed by atoms with Gasteiger partial charge in [-0.15, -0.1) is 0 Å². The molecule has 2 N–H and O–H groups in total. The maximum atomic E-state index is 16.8. The fourth-order valence-corrected chi connectivity index (χ4v) is 7.02. The number of halogens is 4. The number of methoxy groups -OCH3 is 1. The number of esters is 1. The lowest BCUT2D eigenvalue weighted by molar-refractivity contribution is -0.148. The lowest BCUT2D eigenvalue weighted by Gasteiger charge is -2.39. The molecule has 13 heteroatoms. The third kappa shape index (κ3) is 6.73. The van der Waals surface area contributed by atoms with E-state index in [9.17, 15) is 27.6 Å². The van der Waals surface area contributed by atoms with Crippen molar-refractivity contribution in [2.45, 2.75) is 56.3 Å². The average Bonchev–Trinajstić information content (AvgIpc) is 3.43. The summed E-state index contributed by atoms with van der Waals surface area (Å²) in [6.45, 7) is 2.69. The zero-order valence-electron chi connectivity index (χ0n) is 26.0. The zero-order chi connectivity index (χ0) is 33.2. The second-order valence-corrected chi connectivity index (χ2v) is 12.3. The summed E-state index contributed by atoms with van der Waals surface area (Å²) in [5, 5.41) is 0. The number of rotatable bonds is 7. The van der Waals surface area contributed by atoms with Crippen LogP contribution in [0.3, 0.4) is 0 Å². The van der Waals surface area contributed by atoms with Crippen LogP contribution in [0, 0.1) is 5.92 Å². The molecule has 9 nitrogen and oxygen atoms in total. The lowest BCUT2D eigenvalue weighted by Crippen LogP contribution is -2.52. The number of hydrogen-bond donors (Lipinski definition) is 1. The van der Waals surface area contributed by atoms with E-state index >= 15 is 4.39 Å². The highest BCUT2D eigenvalue weighted by molar-refractivity contribution is 5.89. The van der Waals surface area contributed by atoms with Gasteiger partial charge in [0.05, 0.1) is 31.7 Å². The van der Waals surface area contributed by atoms with E-state index in [1.165, 1.54) is 24.1 Å². The number of anilines is 1. The third-order valence-corrected chi connectivity index (χ3v) is 9.60. The fraction of sp³-hybridized carbons (Fsp3) is 0.545. The molecule has 3 heterocycles. The number of hydrogen-bond acceptors (Lipinski definition) is 6. The predicted molar refractivity (Wildman–Crippen MR) is 162 cm³/mol. The van der Waals surface area contributed by atoms with E-state index in [1.54, 1.807) is 31.2 Å². The number of urea groups is 1. The van der Waals surface area contributed by atoms with Gasteiger partial charge in [0.1, 0.15) is 5.75 Å². The van der Waals surface area contributed by atoms with Crippen LogP contribution >= 0.6 is 0 Å². The number of carbonyl (C=O) groups excluding carboxylic acids is 3. The Morgan fingerprint density at radius 3 is 2.17 bits per heavy atom. The summed E-state index contributed by atoms with van der Waals surface area (Å²) in [6, 6.07) is 9.62. The smallest absolute Gasteiger partial charge is 0.416 e. The Labute approximate surface area is 265 Å². The van der Waals surface area contributed by atoms with Gasteiger partial charge < -0.3 is 29.9 Å². The van der Waals surface area contributed by atoms with Gasteiger partial charge in [0.25, 0.3) is 5.91 Å². The van der Waals surface area contributed by atoms with E-state index in [0.717, 1.165) is 16.5 Å². The molecule has 0 spiro atoms. The number of benzene rings is 2. The summed E-state index contributed by atoms with van der Waals surface area (Å²) in [7, 11) is 1.51. The number of likely N-dealkylation sites (tertiary alicyclic amines) is 2. The van der Waals surface area contributed by atoms with Crippen molar-refractivity contribution in [3.8, 4) is 5.75 Å². The Morgan fingerprint density at radius 2 is 1.61 bits per heavy atom. The molecule has 5 rings (SSSR count). The minimum absolute atomic E-state index is 0.0534. The molecule has 250 valence electrons. The van der Waals surface area contributed by atoms with Crippen molar-refractivity contribution in [1.29, 1.82) is 0 Å². The molecule has 0 saturated carbocycles. The Balaban J connectivity index is 1.33. The molecule has 0 aliphatic carbocycles. The molecule has 2 atom stereocenters. The Kier molecular flexibility index (Phi) is 9.69. The fourth-order valence-electron chi connectivity index (χ4n) is 7.02. The maximum Gasteiger partial charge on any atom is 0.416 e. The predicted octanol–water partition coefficient (Wildman–Crippen LogP) is 5.09. The van der Waals surface area contributed by atoms with E-state index < -0.39 is 41.8 Å². The highest BCUT2D eigenvalue weighted by Crippen LogP contribution is 2.44. The van der Waals surface area contributed by atoms with Crippen LogP contribution in [0.4, 0.5) is 28.0 Å². The number of nitrogens with zero attached hydrogens (tertiary/aromatic N) is 3. The van der Waals surface area contributed by atoms with Gasteiger partial charge in [0.15, 0.2) is 0 Å². The topological polar surface area (TPSA) is 105 Å². The van der Waals surface area contributed by atoms with Gasteiger partial charge in [-0.2, -0.15) is 13.2 Å². The number of nitrogens with two attached hydrogens (primary N) is 1. The van der Waals surface area contributed by atoms with Crippen molar-refractivity contribution < 1.29 is 41.4 Å². The standard InChI is InChI=1S/C33H40F4N4O5/c1-3-46-29(42)23-12-14-39(15-13-23)28-18-24(33(35,36)37)6-9-26(28)21-10-16-40(17-11-21)30(43)32(34)20-41(31(38)44)19-27(32)22-4-7-25(45-2)8-5-22/h4-9,18,21,23,27H,3,10-17,19-20H2,1-2H3,(H2,38,44)/t27-,32-/m0/s1. The van der Waals surface area contributed by atoms with Crippen LogP contribution in [-0.2, 0) is 20.5 Å². The lowest BCUT2D eigenvalue weighted by atomic mass is 9.83. The molecular formula is C33H40F4N4O5. The molecule has 3 aliphatic rings. The van der Waals surface area contributed by atoms with Crippen molar-refractivity contribution in [2.75, 3.05) is 57.9 Å². The molecule has 3 saturated heterocycles. The zero-order valence-corrected chi connectivity index (χ0v) is 26.0. The van der Waals surface area contributed by atoms with Crippen LogP contribution < -0.4 is 15.4 Å². The van der Waals surface area contributed by atoms with E-state index in [1.807, 2.05) is 4.90 Å². The largest absolute Gasteiger partial charge is 0.497 e. The first-order valence-electron chi connectivity index (χ1n) is 15.6. The summed E-state index contributed by atoms with van der Waals surface area (Å²) in [6.07, 6.45) is -2.74. The van der Waals surface area contributed by atoms with E-state index in [4.69, 9.17) is 15.2 Å². The minimum atomic E-state index is -4.53. The van der Waals surface area contributed by atoms with Crippen LogP contribution in [0.2, 0.25) is 0 Å². The van der Waals surface area contributed by atoms with Crippen LogP contribution in [0.15, 0.2) is 42.5 Å². The van der Waals surface area contributed by atoms with Crippen molar-refractivity contribution in [3.63, 3.8) is 0 Å². The molecule has 2 aromatic carbocycles. The Morgan fingerprint density at radius 1 is 0.957 bits per heavy atom. The number of piperidine rings is 2. The van der Waals surface area contributed by atoms with Gasteiger partial charge in [-0.05, 0) is 73.9 Å². The Hall–Kier alpha value is -4.03. The number of carbonyl (C=O) groups is 3. The van der Waals surface area contributed by atoms with Crippen molar-refractivity contribution in [1.82, 2.24) is 9.80 Å². The number of primary amides is 1. The molecule has 0 unspecified atom stereocenters.